The topological polar surface area (TPSA) is 66.5 Å². The lowest BCUT2D eigenvalue weighted by molar-refractivity contribution is -0.139. The summed E-state index contributed by atoms with van der Waals surface area (Å²) in [5.41, 5.74) is 0.282. The van der Waals surface area contributed by atoms with Gasteiger partial charge in [-0.1, -0.05) is 23.2 Å². The minimum absolute atomic E-state index is 0.00314. The fourth-order valence-electron chi connectivity index (χ4n) is 1.94. The summed E-state index contributed by atoms with van der Waals surface area (Å²) in [4.78, 5) is 36.6. The van der Waals surface area contributed by atoms with Crippen molar-refractivity contribution in [3.8, 4) is 0 Å². The molecule has 1 N–H and O–H groups in total. The van der Waals surface area contributed by atoms with Gasteiger partial charge >= 0.3 is 0 Å². The van der Waals surface area contributed by atoms with E-state index in [1.807, 2.05) is 0 Å². The molecule has 1 aliphatic heterocycles. The molecular formula is C13H12Cl2N2O3. The van der Waals surface area contributed by atoms with Crippen LogP contribution in [0.4, 0.5) is 0 Å². The van der Waals surface area contributed by atoms with Crippen molar-refractivity contribution in [1.29, 1.82) is 0 Å². The zero-order valence-corrected chi connectivity index (χ0v) is 12.2. The van der Waals surface area contributed by atoms with Gasteiger partial charge in [0, 0.05) is 10.6 Å². The highest BCUT2D eigenvalue weighted by Gasteiger charge is 2.31. The van der Waals surface area contributed by atoms with Crippen LogP contribution in [-0.2, 0) is 9.59 Å². The van der Waals surface area contributed by atoms with Crippen LogP contribution in [-0.4, -0.2) is 41.6 Å². The highest BCUT2D eigenvalue weighted by atomic mass is 35.5. The molecule has 0 radical (unpaired) electrons. The first-order valence-corrected chi connectivity index (χ1v) is 6.70. The number of nitrogens with zero attached hydrogens (tertiary/aromatic N) is 1. The third-order valence-electron chi connectivity index (χ3n) is 3.11. The molecule has 0 spiro atoms. The summed E-state index contributed by atoms with van der Waals surface area (Å²) in [6.45, 7) is 1.56. The molecule has 0 aliphatic carbocycles. The van der Waals surface area contributed by atoms with Crippen molar-refractivity contribution < 1.29 is 14.4 Å². The normalized spacial score (nSPS) is 19.9. The minimum atomic E-state index is -0.547. The molecule has 1 aliphatic rings. The number of rotatable bonds is 3. The highest BCUT2D eigenvalue weighted by Crippen LogP contribution is 2.21. The van der Waals surface area contributed by atoms with Crippen molar-refractivity contribution >= 4 is 40.8 Å². The van der Waals surface area contributed by atoms with Crippen molar-refractivity contribution in [3.63, 3.8) is 0 Å². The van der Waals surface area contributed by atoms with E-state index in [-0.39, 0.29) is 24.4 Å². The quantitative estimate of drug-likeness (QED) is 0.678. The van der Waals surface area contributed by atoms with Gasteiger partial charge in [-0.15, -0.1) is 0 Å². The van der Waals surface area contributed by atoms with Crippen LogP contribution in [0.25, 0.3) is 0 Å². The molecule has 0 saturated carbocycles. The number of hydrogen-bond acceptors (Lipinski definition) is 4. The molecule has 1 aromatic rings. The summed E-state index contributed by atoms with van der Waals surface area (Å²) in [6.07, 6.45) is 0. The van der Waals surface area contributed by atoms with E-state index in [1.54, 1.807) is 13.0 Å². The number of Topliss-reactive ketones (excluding diaryl/α,β-unsaturated/α-hetero) is 1. The Balaban J connectivity index is 2.16. The largest absolute Gasteiger partial charge is 0.294 e. The maximum Gasteiger partial charge on any atom is 0.243 e. The van der Waals surface area contributed by atoms with Gasteiger partial charge in [0.25, 0.3) is 0 Å². The predicted molar refractivity (Wildman–Crippen MR) is 75.0 cm³/mol. The molecule has 106 valence electrons. The molecule has 1 saturated heterocycles. The molecule has 7 heteroatoms. The lowest BCUT2D eigenvalue weighted by Crippen LogP contribution is -2.57. The summed E-state index contributed by atoms with van der Waals surface area (Å²) in [6, 6.07) is 4.05. The zero-order chi connectivity index (χ0) is 14.9. The first-order chi connectivity index (χ1) is 9.38. The molecule has 1 fully saturated rings. The Bertz CT molecular complexity index is 589. The smallest absolute Gasteiger partial charge is 0.243 e. The van der Waals surface area contributed by atoms with Gasteiger partial charge in [0.2, 0.25) is 11.8 Å². The van der Waals surface area contributed by atoms with Gasteiger partial charge in [-0.05, 0) is 25.1 Å². The maximum atomic E-state index is 12.2. The molecule has 20 heavy (non-hydrogen) atoms. The second-order valence-electron chi connectivity index (χ2n) is 4.54. The third kappa shape index (κ3) is 3.17. The number of carbonyl (C=O) groups is 3. The summed E-state index contributed by atoms with van der Waals surface area (Å²) in [5.74, 6) is -1.11. The number of imide groups is 1. The summed E-state index contributed by atoms with van der Waals surface area (Å²) in [7, 11) is 0. The minimum Gasteiger partial charge on any atom is -0.294 e. The molecular weight excluding hydrogens is 303 g/mol. The van der Waals surface area contributed by atoms with Crippen LogP contribution in [0, 0.1) is 0 Å². The number of benzene rings is 1. The van der Waals surface area contributed by atoms with Crippen LogP contribution in [0.2, 0.25) is 10.0 Å². The van der Waals surface area contributed by atoms with Crippen molar-refractivity contribution in [2.75, 3.05) is 13.1 Å². The van der Waals surface area contributed by atoms with E-state index in [0.717, 1.165) is 0 Å². The Kier molecular flexibility index (Phi) is 4.42. The van der Waals surface area contributed by atoms with Gasteiger partial charge in [-0.2, -0.15) is 0 Å². The Hall–Kier alpha value is -1.43. The fraction of sp³-hybridized carbons (Fsp3) is 0.308. The maximum absolute atomic E-state index is 12.2. The Morgan fingerprint density at radius 2 is 2.10 bits per heavy atom. The van der Waals surface area contributed by atoms with E-state index in [9.17, 15) is 14.4 Å². The molecule has 1 heterocycles. The van der Waals surface area contributed by atoms with Gasteiger partial charge in [-0.25, -0.2) is 0 Å². The lowest BCUT2D eigenvalue weighted by Gasteiger charge is -2.30. The van der Waals surface area contributed by atoms with Gasteiger partial charge in [-0.3, -0.25) is 24.6 Å². The monoisotopic (exact) mass is 314 g/mol. The Morgan fingerprint density at radius 3 is 2.80 bits per heavy atom. The van der Waals surface area contributed by atoms with E-state index < -0.39 is 17.9 Å². The van der Waals surface area contributed by atoms with Crippen molar-refractivity contribution in [3.05, 3.63) is 33.8 Å². The summed E-state index contributed by atoms with van der Waals surface area (Å²) in [5, 5.41) is 2.91. The van der Waals surface area contributed by atoms with Crippen molar-refractivity contribution in [1.82, 2.24) is 10.2 Å². The van der Waals surface area contributed by atoms with E-state index in [4.69, 9.17) is 23.2 Å². The van der Waals surface area contributed by atoms with Crippen LogP contribution < -0.4 is 5.32 Å². The van der Waals surface area contributed by atoms with Gasteiger partial charge in [0.15, 0.2) is 5.78 Å². The number of halogens is 2. The molecule has 1 unspecified atom stereocenters. The SMILES string of the molecule is CC1C(=O)NC(=O)CN1CC(=O)c1cc(Cl)ccc1Cl. The van der Waals surface area contributed by atoms with Crippen LogP contribution in [0.15, 0.2) is 18.2 Å². The summed E-state index contributed by atoms with van der Waals surface area (Å²) >= 11 is 11.8. The number of piperazine rings is 1. The lowest BCUT2D eigenvalue weighted by atomic mass is 10.1. The van der Waals surface area contributed by atoms with E-state index in [2.05, 4.69) is 5.32 Å². The number of carbonyl (C=O) groups excluding carboxylic acids is 3. The van der Waals surface area contributed by atoms with E-state index >= 15 is 0 Å². The molecule has 2 amide bonds. The Labute approximate surface area is 125 Å². The van der Waals surface area contributed by atoms with Crippen LogP contribution in [0.3, 0.4) is 0 Å². The Morgan fingerprint density at radius 1 is 1.40 bits per heavy atom. The standard InChI is InChI=1S/C13H12Cl2N2O3/c1-7-13(20)16-12(19)6-17(7)5-11(18)9-4-8(14)2-3-10(9)15/h2-4,7H,5-6H2,1H3,(H,16,19,20). The molecule has 1 aromatic carbocycles. The molecule has 0 aromatic heterocycles. The first kappa shape index (κ1) is 15.0. The highest BCUT2D eigenvalue weighted by molar-refractivity contribution is 6.36. The number of ketones is 1. The average molecular weight is 315 g/mol. The van der Waals surface area contributed by atoms with Crippen LogP contribution >= 0.6 is 23.2 Å². The van der Waals surface area contributed by atoms with Gasteiger partial charge in [0.05, 0.1) is 24.2 Å². The number of amides is 2. The van der Waals surface area contributed by atoms with Crippen LogP contribution in [0.5, 0.6) is 0 Å². The van der Waals surface area contributed by atoms with Crippen LogP contribution in [0.1, 0.15) is 17.3 Å². The fourth-order valence-corrected chi connectivity index (χ4v) is 2.34. The van der Waals surface area contributed by atoms with Crippen molar-refractivity contribution in [2.24, 2.45) is 0 Å². The number of nitrogens with one attached hydrogen (secondary N) is 1. The van der Waals surface area contributed by atoms with Gasteiger partial charge < -0.3 is 0 Å². The summed E-state index contributed by atoms with van der Waals surface area (Å²) < 4.78 is 0. The molecule has 1 atom stereocenters. The molecule has 2 rings (SSSR count). The number of hydrogen-bond donors (Lipinski definition) is 1. The molecule has 5 nitrogen and oxygen atoms in total. The molecule has 0 bridgehead atoms. The first-order valence-electron chi connectivity index (χ1n) is 5.94. The van der Waals surface area contributed by atoms with Gasteiger partial charge in [0.1, 0.15) is 0 Å². The third-order valence-corrected chi connectivity index (χ3v) is 3.68. The van der Waals surface area contributed by atoms with Crippen molar-refractivity contribution in [2.45, 2.75) is 13.0 Å². The predicted octanol–water partition coefficient (Wildman–Crippen LogP) is 1.52. The van der Waals surface area contributed by atoms with E-state index in [0.29, 0.717) is 10.0 Å². The zero-order valence-electron chi connectivity index (χ0n) is 10.7. The van der Waals surface area contributed by atoms with E-state index in [1.165, 1.54) is 17.0 Å². The second-order valence-corrected chi connectivity index (χ2v) is 5.38. The second kappa shape index (κ2) is 5.91. The average Bonchev–Trinajstić information content (AvgIpc) is 2.38.